The number of aliphatic hydroxyl groups is 1. The van der Waals surface area contributed by atoms with E-state index in [2.05, 4.69) is 22.5 Å². The zero-order valence-corrected chi connectivity index (χ0v) is 5.20. The molecular weight excluding hydrogens is 144 g/mol. The summed E-state index contributed by atoms with van der Waals surface area (Å²) in [6.45, 7) is 5.07. The predicted octanol–water partition coefficient (Wildman–Crippen LogP) is 1.28. The first-order valence-electron chi connectivity index (χ1n) is 1.67. The fourth-order valence-electron chi connectivity index (χ4n) is 0. The van der Waals surface area contributed by atoms with Crippen LogP contribution >= 0.6 is 15.9 Å². The maximum absolute atomic E-state index is 8.48. The van der Waals surface area contributed by atoms with E-state index in [4.69, 9.17) is 5.11 Å². The van der Waals surface area contributed by atoms with Crippen molar-refractivity contribution in [3.8, 4) is 0 Å². The molecule has 1 nitrogen and oxygen atoms in total. The first-order chi connectivity index (χ1) is 2.64. The molecule has 0 aromatic rings. The summed E-state index contributed by atoms with van der Waals surface area (Å²) in [4.78, 5) is 0. The molecule has 1 unspecified atom stereocenters. The molecule has 1 atom stereocenters. The van der Waals surface area contributed by atoms with Crippen LogP contribution in [0.15, 0.2) is 11.1 Å². The van der Waals surface area contributed by atoms with Gasteiger partial charge in [-0.15, -0.1) is 0 Å². The first-order valence-corrected chi connectivity index (χ1v) is 2.46. The highest BCUT2D eigenvalue weighted by Crippen LogP contribution is 2.04. The molecule has 0 rings (SSSR count). The summed E-state index contributed by atoms with van der Waals surface area (Å²) in [5.74, 6) is 0. The minimum absolute atomic E-state index is 0.426. The Balaban J connectivity index is 3.26. The molecule has 0 saturated carbocycles. The Morgan fingerprint density at radius 1 is 2.00 bits per heavy atom. The van der Waals surface area contributed by atoms with Crippen LogP contribution < -0.4 is 0 Å². The highest BCUT2D eigenvalue weighted by molar-refractivity contribution is 9.11. The van der Waals surface area contributed by atoms with Gasteiger partial charge in [-0.1, -0.05) is 22.5 Å². The third kappa shape index (κ3) is 2.42. The van der Waals surface area contributed by atoms with E-state index < -0.39 is 6.10 Å². The maximum atomic E-state index is 8.48. The minimum Gasteiger partial charge on any atom is -0.388 e. The molecule has 0 spiro atoms. The van der Waals surface area contributed by atoms with Gasteiger partial charge in [0, 0.05) is 4.48 Å². The van der Waals surface area contributed by atoms with Crippen molar-refractivity contribution in [1.82, 2.24) is 0 Å². The van der Waals surface area contributed by atoms with Gasteiger partial charge in [0.2, 0.25) is 0 Å². The Kier molecular flexibility index (Phi) is 2.44. The van der Waals surface area contributed by atoms with Crippen molar-refractivity contribution in [3.05, 3.63) is 11.1 Å². The van der Waals surface area contributed by atoms with E-state index in [1.165, 1.54) is 0 Å². The zero-order valence-electron chi connectivity index (χ0n) is 3.61. The average molecular weight is 151 g/mol. The molecule has 36 valence electrons. The Morgan fingerprint density at radius 3 is 2.17 bits per heavy atom. The Bertz CT molecular complexity index is 58.6. The highest BCUT2D eigenvalue weighted by atomic mass is 79.9. The molecule has 0 amide bonds. The molecule has 0 heterocycles. The first kappa shape index (κ1) is 6.18. The Hall–Kier alpha value is 0.180. The number of rotatable bonds is 1. The average Bonchev–Trinajstić information content (AvgIpc) is 1.36. The molecule has 0 fully saturated rings. The monoisotopic (exact) mass is 150 g/mol. The highest BCUT2D eigenvalue weighted by Gasteiger charge is 1.91. The van der Waals surface area contributed by atoms with Crippen LogP contribution in [0.25, 0.3) is 0 Å². The molecule has 1 N–H and O–H groups in total. The van der Waals surface area contributed by atoms with Crippen molar-refractivity contribution in [2.45, 2.75) is 13.0 Å². The van der Waals surface area contributed by atoms with Gasteiger partial charge in [-0.05, 0) is 6.92 Å². The second-order valence-electron chi connectivity index (χ2n) is 1.12. The zero-order chi connectivity index (χ0) is 5.15. The fraction of sp³-hybridized carbons (Fsp3) is 0.500. The second-order valence-corrected chi connectivity index (χ2v) is 2.14. The van der Waals surface area contributed by atoms with E-state index >= 15 is 0 Å². The third-order valence-electron chi connectivity index (χ3n) is 0.453. The topological polar surface area (TPSA) is 20.2 Å². The van der Waals surface area contributed by atoms with Crippen molar-refractivity contribution in [3.63, 3.8) is 0 Å². The van der Waals surface area contributed by atoms with Crippen molar-refractivity contribution in [1.29, 1.82) is 0 Å². The summed E-state index contributed by atoms with van der Waals surface area (Å²) in [6.07, 6.45) is -0.426. The predicted molar refractivity (Wildman–Crippen MR) is 29.7 cm³/mol. The van der Waals surface area contributed by atoms with E-state index in [1.54, 1.807) is 6.92 Å². The van der Waals surface area contributed by atoms with Gasteiger partial charge in [0.25, 0.3) is 0 Å². The van der Waals surface area contributed by atoms with Crippen LogP contribution in [-0.4, -0.2) is 11.2 Å². The molecule has 0 aromatic heterocycles. The van der Waals surface area contributed by atoms with Crippen molar-refractivity contribution >= 4 is 15.9 Å². The van der Waals surface area contributed by atoms with Gasteiger partial charge in [-0.2, -0.15) is 0 Å². The normalized spacial score (nSPS) is 13.8. The van der Waals surface area contributed by atoms with E-state index in [0.29, 0.717) is 4.48 Å². The fourth-order valence-corrected chi connectivity index (χ4v) is 0. The van der Waals surface area contributed by atoms with E-state index in [9.17, 15) is 0 Å². The maximum Gasteiger partial charge on any atom is 0.0820 e. The Morgan fingerprint density at radius 2 is 2.17 bits per heavy atom. The van der Waals surface area contributed by atoms with Crippen molar-refractivity contribution < 1.29 is 5.11 Å². The molecule has 0 aliphatic heterocycles. The quantitative estimate of drug-likeness (QED) is 0.598. The largest absolute Gasteiger partial charge is 0.388 e. The summed E-state index contributed by atoms with van der Waals surface area (Å²) in [5.41, 5.74) is 0. The lowest BCUT2D eigenvalue weighted by Crippen LogP contribution is -1.95. The van der Waals surface area contributed by atoms with E-state index in [1.807, 2.05) is 0 Å². The SMILES string of the molecule is C=C(Br)C(C)O. The van der Waals surface area contributed by atoms with Gasteiger partial charge < -0.3 is 5.11 Å². The van der Waals surface area contributed by atoms with Gasteiger partial charge in [0.15, 0.2) is 0 Å². The summed E-state index contributed by atoms with van der Waals surface area (Å²) >= 11 is 2.99. The standard InChI is InChI=1S/C4H7BrO/c1-3(5)4(2)6/h4,6H,1H2,2H3. The minimum atomic E-state index is -0.426. The van der Waals surface area contributed by atoms with Gasteiger partial charge in [-0.25, -0.2) is 0 Å². The van der Waals surface area contributed by atoms with E-state index in [-0.39, 0.29) is 0 Å². The van der Waals surface area contributed by atoms with Crippen LogP contribution in [0.4, 0.5) is 0 Å². The van der Waals surface area contributed by atoms with Crippen LogP contribution in [0, 0.1) is 0 Å². The van der Waals surface area contributed by atoms with Crippen LogP contribution in [-0.2, 0) is 0 Å². The smallest absolute Gasteiger partial charge is 0.0820 e. The molecule has 0 saturated heterocycles. The van der Waals surface area contributed by atoms with Gasteiger partial charge in [0.05, 0.1) is 6.10 Å². The van der Waals surface area contributed by atoms with Gasteiger partial charge in [0.1, 0.15) is 0 Å². The van der Waals surface area contributed by atoms with Gasteiger partial charge in [-0.3, -0.25) is 0 Å². The summed E-state index contributed by atoms with van der Waals surface area (Å²) < 4.78 is 0.627. The molecular formula is C4H7BrO. The number of hydrogen-bond acceptors (Lipinski definition) is 1. The summed E-state index contributed by atoms with van der Waals surface area (Å²) in [5, 5.41) is 8.48. The summed E-state index contributed by atoms with van der Waals surface area (Å²) in [7, 11) is 0. The lowest BCUT2D eigenvalue weighted by Gasteiger charge is -1.94. The van der Waals surface area contributed by atoms with Crippen LogP contribution in [0.1, 0.15) is 6.92 Å². The molecule has 0 bridgehead atoms. The summed E-state index contributed by atoms with van der Waals surface area (Å²) in [6, 6.07) is 0. The van der Waals surface area contributed by atoms with Crippen LogP contribution in [0.5, 0.6) is 0 Å². The van der Waals surface area contributed by atoms with Crippen molar-refractivity contribution in [2.75, 3.05) is 0 Å². The number of halogens is 1. The lowest BCUT2D eigenvalue weighted by atomic mass is 10.4. The molecule has 0 radical (unpaired) electrons. The molecule has 0 aliphatic rings. The molecule has 0 aromatic carbocycles. The van der Waals surface area contributed by atoms with E-state index in [0.717, 1.165) is 0 Å². The lowest BCUT2D eigenvalue weighted by molar-refractivity contribution is 0.241. The number of hydrogen-bond donors (Lipinski definition) is 1. The Labute approximate surface area is 45.8 Å². The molecule has 6 heavy (non-hydrogen) atoms. The molecule has 2 heteroatoms. The van der Waals surface area contributed by atoms with Gasteiger partial charge >= 0.3 is 0 Å². The number of aliphatic hydroxyl groups excluding tert-OH is 1. The van der Waals surface area contributed by atoms with Crippen LogP contribution in [0.2, 0.25) is 0 Å². The third-order valence-corrected chi connectivity index (χ3v) is 1.12. The van der Waals surface area contributed by atoms with Crippen LogP contribution in [0.3, 0.4) is 0 Å². The molecule has 0 aliphatic carbocycles. The van der Waals surface area contributed by atoms with Crippen molar-refractivity contribution in [2.24, 2.45) is 0 Å². The second kappa shape index (κ2) is 2.37.